The number of aryl methyl sites for hydroxylation is 1. The fourth-order valence-electron chi connectivity index (χ4n) is 2.33. The number of rotatable bonds is 7. The second-order valence-corrected chi connectivity index (χ2v) is 5.98. The third kappa shape index (κ3) is 4.43. The van der Waals surface area contributed by atoms with Crippen LogP contribution in [-0.2, 0) is 19.5 Å². The van der Waals surface area contributed by atoms with Gasteiger partial charge < -0.3 is 4.42 Å². The SMILES string of the molecule is CCc1ccc(CN(Cc2ccco2)[C@H](C)C(C)C)nc1. The van der Waals surface area contributed by atoms with E-state index in [2.05, 4.69) is 49.7 Å². The van der Waals surface area contributed by atoms with Crippen LogP contribution in [0.3, 0.4) is 0 Å². The molecular formula is C18H26N2O. The second kappa shape index (κ2) is 7.41. The number of hydrogen-bond acceptors (Lipinski definition) is 3. The smallest absolute Gasteiger partial charge is 0.117 e. The zero-order valence-corrected chi connectivity index (χ0v) is 13.5. The van der Waals surface area contributed by atoms with Crippen LogP contribution in [0.25, 0.3) is 0 Å². The van der Waals surface area contributed by atoms with Crippen LogP contribution in [-0.4, -0.2) is 15.9 Å². The van der Waals surface area contributed by atoms with E-state index in [9.17, 15) is 0 Å². The lowest BCUT2D eigenvalue weighted by atomic mass is 10.0. The van der Waals surface area contributed by atoms with E-state index in [0.29, 0.717) is 12.0 Å². The Morgan fingerprint density at radius 1 is 1.14 bits per heavy atom. The van der Waals surface area contributed by atoms with Gasteiger partial charge in [-0.05, 0) is 43.0 Å². The molecule has 0 aliphatic carbocycles. The van der Waals surface area contributed by atoms with Gasteiger partial charge in [0, 0.05) is 18.8 Å². The molecule has 3 heteroatoms. The van der Waals surface area contributed by atoms with E-state index >= 15 is 0 Å². The molecule has 0 radical (unpaired) electrons. The summed E-state index contributed by atoms with van der Waals surface area (Å²) in [6.07, 6.45) is 4.76. The normalized spacial score (nSPS) is 13.0. The highest BCUT2D eigenvalue weighted by Crippen LogP contribution is 2.17. The summed E-state index contributed by atoms with van der Waals surface area (Å²) in [6.45, 7) is 10.6. The Bertz CT molecular complexity index is 517. The van der Waals surface area contributed by atoms with Gasteiger partial charge in [-0.3, -0.25) is 9.88 Å². The Balaban J connectivity index is 2.10. The zero-order valence-electron chi connectivity index (χ0n) is 13.5. The molecule has 114 valence electrons. The first kappa shape index (κ1) is 15.8. The van der Waals surface area contributed by atoms with E-state index in [1.54, 1.807) is 6.26 Å². The number of furan rings is 1. The third-order valence-corrected chi connectivity index (χ3v) is 4.14. The summed E-state index contributed by atoms with van der Waals surface area (Å²) in [5.74, 6) is 1.60. The molecule has 0 aromatic carbocycles. The maximum absolute atomic E-state index is 5.51. The number of aromatic nitrogens is 1. The number of nitrogens with zero attached hydrogens (tertiary/aromatic N) is 2. The van der Waals surface area contributed by atoms with Crippen molar-refractivity contribution in [3.63, 3.8) is 0 Å². The van der Waals surface area contributed by atoms with E-state index < -0.39 is 0 Å². The molecule has 2 rings (SSSR count). The predicted octanol–water partition coefficient (Wildman–Crippen LogP) is 4.28. The fourth-order valence-corrected chi connectivity index (χ4v) is 2.33. The molecule has 2 aromatic heterocycles. The molecule has 2 heterocycles. The molecule has 0 bridgehead atoms. The zero-order chi connectivity index (χ0) is 15.2. The van der Waals surface area contributed by atoms with Crippen LogP contribution in [0.15, 0.2) is 41.1 Å². The molecule has 2 aromatic rings. The molecule has 0 aliphatic heterocycles. The average Bonchev–Trinajstić information content (AvgIpc) is 2.99. The first-order valence-electron chi connectivity index (χ1n) is 7.80. The van der Waals surface area contributed by atoms with E-state index in [4.69, 9.17) is 4.42 Å². The van der Waals surface area contributed by atoms with Gasteiger partial charge in [-0.15, -0.1) is 0 Å². The van der Waals surface area contributed by atoms with Crippen molar-refractivity contribution in [1.82, 2.24) is 9.88 Å². The van der Waals surface area contributed by atoms with Crippen LogP contribution in [0.4, 0.5) is 0 Å². The minimum Gasteiger partial charge on any atom is -0.468 e. The van der Waals surface area contributed by atoms with Gasteiger partial charge >= 0.3 is 0 Å². The van der Waals surface area contributed by atoms with Gasteiger partial charge in [0.05, 0.1) is 18.5 Å². The van der Waals surface area contributed by atoms with Crippen LogP contribution >= 0.6 is 0 Å². The maximum atomic E-state index is 5.51. The quantitative estimate of drug-likeness (QED) is 0.760. The van der Waals surface area contributed by atoms with Crippen molar-refractivity contribution in [1.29, 1.82) is 0 Å². The Labute approximate surface area is 128 Å². The molecule has 1 atom stereocenters. The number of pyridine rings is 1. The van der Waals surface area contributed by atoms with Crippen molar-refractivity contribution < 1.29 is 4.42 Å². The molecule has 0 aliphatic rings. The van der Waals surface area contributed by atoms with Crippen LogP contribution in [0.2, 0.25) is 0 Å². The van der Waals surface area contributed by atoms with Crippen molar-refractivity contribution >= 4 is 0 Å². The van der Waals surface area contributed by atoms with Gasteiger partial charge in [0.1, 0.15) is 5.76 Å². The second-order valence-electron chi connectivity index (χ2n) is 5.98. The molecule has 3 nitrogen and oxygen atoms in total. The van der Waals surface area contributed by atoms with Gasteiger partial charge in [0.25, 0.3) is 0 Å². The van der Waals surface area contributed by atoms with Crippen LogP contribution in [0, 0.1) is 5.92 Å². The van der Waals surface area contributed by atoms with Crippen LogP contribution < -0.4 is 0 Å². The van der Waals surface area contributed by atoms with E-state index in [1.807, 2.05) is 18.3 Å². The highest BCUT2D eigenvalue weighted by atomic mass is 16.3. The molecule has 0 saturated carbocycles. The molecule has 0 amide bonds. The first-order chi connectivity index (χ1) is 10.1. The summed E-state index contributed by atoms with van der Waals surface area (Å²) in [4.78, 5) is 7.02. The van der Waals surface area contributed by atoms with Crippen molar-refractivity contribution in [2.75, 3.05) is 0 Å². The maximum Gasteiger partial charge on any atom is 0.117 e. The Hall–Kier alpha value is -1.61. The molecule has 0 fully saturated rings. The van der Waals surface area contributed by atoms with Gasteiger partial charge in [-0.2, -0.15) is 0 Å². The molecule has 0 unspecified atom stereocenters. The highest BCUT2D eigenvalue weighted by molar-refractivity contribution is 5.14. The van der Waals surface area contributed by atoms with Gasteiger partial charge in [-0.25, -0.2) is 0 Å². The van der Waals surface area contributed by atoms with Crippen LogP contribution in [0.5, 0.6) is 0 Å². The Morgan fingerprint density at radius 3 is 2.48 bits per heavy atom. The summed E-state index contributed by atoms with van der Waals surface area (Å²) in [7, 11) is 0. The molecule has 0 spiro atoms. The lowest BCUT2D eigenvalue weighted by Gasteiger charge is -2.30. The molecular weight excluding hydrogens is 260 g/mol. The van der Waals surface area contributed by atoms with E-state index in [1.165, 1.54) is 5.56 Å². The molecule has 0 N–H and O–H groups in total. The lowest BCUT2D eigenvalue weighted by molar-refractivity contribution is 0.139. The van der Waals surface area contributed by atoms with E-state index in [-0.39, 0.29) is 0 Å². The van der Waals surface area contributed by atoms with Crippen molar-refractivity contribution in [3.05, 3.63) is 53.7 Å². The standard InChI is InChI=1S/C18H26N2O/c1-5-16-8-9-17(19-11-16)12-20(15(4)14(2)3)13-18-7-6-10-21-18/h6-11,14-15H,5,12-13H2,1-4H3/t15-/m1/s1. The largest absolute Gasteiger partial charge is 0.468 e. The van der Waals surface area contributed by atoms with E-state index in [0.717, 1.165) is 31.0 Å². The third-order valence-electron chi connectivity index (χ3n) is 4.14. The van der Waals surface area contributed by atoms with Gasteiger partial charge in [0.15, 0.2) is 0 Å². The van der Waals surface area contributed by atoms with Crippen molar-refractivity contribution in [3.8, 4) is 0 Å². The minimum absolute atomic E-state index is 0.475. The van der Waals surface area contributed by atoms with Crippen molar-refractivity contribution in [2.45, 2.75) is 53.2 Å². The van der Waals surface area contributed by atoms with Gasteiger partial charge in [-0.1, -0.05) is 26.8 Å². The number of hydrogen-bond donors (Lipinski definition) is 0. The Morgan fingerprint density at radius 2 is 1.95 bits per heavy atom. The average molecular weight is 286 g/mol. The minimum atomic E-state index is 0.475. The summed E-state index contributed by atoms with van der Waals surface area (Å²) in [5, 5.41) is 0. The fraction of sp³-hybridized carbons (Fsp3) is 0.500. The monoisotopic (exact) mass is 286 g/mol. The lowest BCUT2D eigenvalue weighted by Crippen LogP contribution is -2.35. The van der Waals surface area contributed by atoms with Crippen LogP contribution in [0.1, 0.15) is 44.7 Å². The summed E-state index contributed by atoms with van der Waals surface area (Å²) < 4.78 is 5.51. The van der Waals surface area contributed by atoms with Crippen molar-refractivity contribution in [2.24, 2.45) is 5.92 Å². The summed E-state index contributed by atoms with van der Waals surface area (Å²) >= 11 is 0. The van der Waals surface area contributed by atoms with Gasteiger partial charge in [0.2, 0.25) is 0 Å². The summed E-state index contributed by atoms with van der Waals surface area (Å²) in [6, 6.07) is 8.77. The summed E-state index contributed by atoms with van der Waals surface area (Å²) in [5.41, 5.74) is 2.40. The first-order valence-corrected chi connectivity index (χ1v) is 7.80. The molecule has 21 heavy (non-hydrogen) atoms. The topological polar surface area (TPSA) is 29.3 Å². The predicted molar refractivity (Wildman–Crippen MR) is 85.9 cm³/mol. The highest BCUT2D eigenvalue weighted by Gasteiger charge is 2.19. The molecule has 0 saturated heterocycles. The Kier molecular flexibility index (Phi) is 5.57.